The Bertz CT molecular complexity index is 1380. The molecule has 3 aromatic carbocycles. The van der Waals surface area contributed by atoms with E-state index in [9.17, 15) is 10.1 Å². The van der Waals surface area contributed by atoms with Crippen LogP contribution in [0.3, 0.4) is 0 Å². The molecule has 0 aliphatic rings. The van der Waals surface area contributed by atoms with Gasteiger partial charge in [0.05, 0.1) is 18.2 Å². The van der Waals surface area contributed by atoms with E-state index in [1.165, 1.54) is 12.0 Å². The monoisotopic (exact) mass is 460 g/mol. The van der Waals surface area contributed by atoms with E-state index in [1.54, 1.807) is 0 Å². The Labute approximate surface area is 208 Å². The largest absolute Gasteiger partial charge is 0.308 e. The number of pyridine rings is 1. The van der Waals surface area contributed by atoms with Crippen molar-refractivity contribution in [2.75, 3.05) is 0 Å². The minimum Gasteiger partial charge on any atom is -0.308 e. The predicted octanol–water partition coefficient (Wildman–Crippen LogP) is 7.07. The van der Waals surface area contributed by atoms with Gasteiger partial charge in [-0.3, -0.25) is 4.79 Å². The highest BCUT2D eigenvalue weighted by Gasteiger charge is 2.14. The lowest BCUT2D eigenvalue weighted by molar-refractivity contribution is 0.687. The summed E-state index contributed by atoms with van der Waals surface area (Å²) < 4.78 is 1.91. The fraction of sp³-hybridized carbons (Fsp3) is 0.250. The van der Waals surface area contributed by atoms with Crippen LogP contribution in [0.5, 0.6) is 0 Å². The summed E-state index contributed by atoms with van der Waals surface area (Å²) in [6.45, 7) is 4.83. The fourth-order valence-electron chi connectivity index (χ4n) is 4.66. The number of unbranched alkanes of at least 4 members (excludes halogenated alkanes) is 2. The molecular weight excluding hydrogens is 428 g/mol. The molecule has 0 saturated heterocycles. The first-order chi connectivity index (χ1) is 17.1. The lowest BCUT2D eigenvalue weighted by Crippen LogP contribution is -2.28. The molecule has 3 heteroatoms. The maximum absolute atomic E-state index is 13.8. The molecule has 0 atom stereocenters. The molecule has 1 heterocycles. The van der Waals surface area contributed by atoms with Crippen LogP contribution in [0.1, 0.15) is 59.7 Å². The number of aromatic nitrogens is 1. The minimum absolute atomic E-state index is 0.110. The highest BCUT2D eigenvalue weighted by Crippen LogP contribution is 2.25. The van der Waals surface area contributed by atoms with E-state index < -0.39 is 0 Å². The second kappa shape index (κ2) is 11.5. The highest BCUT2D eigenvalue weighted by molar-refractivity contribution is 5.70. The Morgan fingerprint density at radius 1 is 0.857 bits per heavy atom. The zero-order valence-electron chi connectivity index (χ0n) is 20.6. The molecule has 0 aliphatic carbocycles. The van der Waals surface area contributed by atoms with Crippen LogP contribution in [0, 0.1) is 18.3 Å². The van der Waals surface area contributed by atoms with Crippen molar-refractivity contribution in [3.05, 3.63) is 129 Å². The molecule has 0 saturated carbocycles. The molecule has 0 radical (unpaired) electrons. The third-order valence-electron chi connectivity index (χ3n) is 6.63. The van der Waals surface area contributed by atoms with Crippen molar-refractivity contribution in [1.82, 2.24) is 4.57 Å². The van der Waals surface area contributed by atoms with Crippen molar-refractivity contribution < 1.29 is 0 Å². The smallest absolute Gasteiger partial charge is 0.254 e. The van der Waals surface area contributed by atoms with Crippen LogP contribution < -0.4 is 5.56 Å². The molecule has 4 rings (SSSR count). The van der Waals surface area contributed by atoms with Crippen molar-refractivity contribution in [1.29, 1.82) is 5.26 Å². The number of nitrogens with zero attached hydrogens (tertiary/aromatic N) is 2. The van der Waals surface area contributed by atoms with Gasteiger partial charge in [-0.05, 0) is 59.7 Å². The average Bonchev–Trinajstić information content (AvgIpc) is 2.90. The summed E-state index contributed by atoms with van der Waals surface area (Å²) in [5.74, 6) is 0. The van der Waals surface area contributed by atoms with Crippen molar-refractivity contribution >= 4 is 0 Å². The summed E-state index contributed by atoms with van der Waals surface area (Å²) >= 11 is 0. The zero-order valence-corrected chi connectivity index (χ0v) is 20.6. The van der Waals surface area contributed by atoms with E-state index in [4.69, 9.17) is 0 Å². The Kier molecular flexibility index (Phi) is 7.95. The van der Waals surface area contributed by atoms with Gasteiger partial charge in [-0.25, -0.2) is 0 Å². The van der Waals surface area contributed by atoms with Crippen molar-refractivity contribution in [2.24, 2.45) is 0 Å². The molecule has 0 aliphatic heterocycles. The standard InChI is InChI=1S/C32H32N2O/c1-3-4-6-13-28-20-24(2)34(23-26-11-7-5-8-12-26)32(35)31(28)21-25-16-18-27(19-17-25)30-15-10-9-14-29(30)22-33/h5,7-12,14-20H,3-4,6,13,21,23H2,1-2H3. The maximum atomic E-state index is 13.8. The summed E-state index contributed by atoms with van der Waals surface area (Å²) in [4.78, 5) is 13.8. The van der Waals surface area contributed by atoms with Crippen molar-refractivity contribution in [3.63, 3.8) is 0 Å². The molecule has 4 aromatic rings. The van der Waals surface area contributed by atoms with Crippen LogP contribution in [-0.4, -0.2) is 4.57 Å². The van der Waals surface area contributed by atoms with Gasteiger partial charge in [-0.1, -0.05) is 92.6 Å². The molecule has 0 bridgehead atoms. The molecule has 0 fully saturated rings. The van der Waals surface area contributed by atoms with Crippen LogP contribution in [0.15, 0.2) is 89.7 Å². The van der Waals surface area contributed by atoms with Gasteiger partial charge in [0.15, 0.2) is 0 Å². The first kappa shape index (κ1) is 24.2. The van der Waals surface area contributed by atoms with Crippen LogP contribution in [0.2, 0.25) is 0 Å². The van der Waals surface area contributed by atoms with E-state index in [1.807, 2.05) is 54.0 Å². The Morgan fingerprint density at radius 3 is 2.29 bits per heavy atom. The number of hydrogen-bond acceptors (Lipinski definition) is 2. The quantitative estimate of drug-likeness (QED) is 0.251. The second-order valence-electron chi connectivity index (χ2n) is 9.15. The third kappa shape index (κ3) is 5.78. The molecule has 3 nitrogen and oxygen atoms in total. The van der Waals surface area contributed by atoms with Gasteiger partial charge in [0.25, 0.3) is 5.56 Å². The van der Waals surface area contributed by atoms with Gasteiger partial charge < -0.3 is 4.57 Å². The summed E-state index contributed by atoms with van der Waals surface area (Å²) in [7, 11) is 0. The van der Waals surface area contributed by atoms with E-state index in [0.717, 1.165) is 52.8 Å². The molecular formula is C32H32N2O. The van der Waals surface area contributed by atoms with Gasteiger partial charge in [-0.2, -0.15) is 5.26 Å². The third-order valence-corrected chi connectivity index (χ3v) is 6.63. The first-order valence-electron chi connectivity index (χ1n) is 12.4. The summed E-state index contributed by atoms with van der Waals surface area (Å²) in [6.07, 6.45) is 4.95. The van der Waals surface area contributed by atoms with E-state index in [2.05, 4.69) is 55.5 Å². The lowest BCUT2D eigenvalue weighted by atomic mass is 9.94. The molecule has 0 amide bonds. The van der Waals surface area contributed by atoms with Crippen molar-refractivity contribution in [2.45, 2.75) is 52.5 Å². The summed E-state index contributed by atoms with van der Waals surface area (Å²) in [5, 5.41) is 9.45. The lowest BCUT2D eigenvalue weighted by Gasteiger charge is -2.17. The second-order valence-corrected chi connectivity index (χ2v) is 9.15. The molecule has 176 valence electrons. The Balaban J connectivity index is 1.68. The number of nitriles is 1. The van der Waals surface area contributed by atoms with Crippen molar-refractivity contribution in [3.8, 4) is 17.2 Å². The van der Waals surface area contributed by atoms with Crippen LogP contribution in [0.4, 0.5) is 0 Å². The van der Waals surface area contributed by atoms with E-state index in [0.29, 0.717) is 18.5 Å². The number of rotatable bonds is 9. The zero-order chi connectivity index (χ0) is 24.6. The normalized spacial score (nSPS) is 10.8. The average molecular weight is 461 g/mol. The van der Waals surface area contributed by atoms with Gasteiger partial charge in [-0.15, -0.1) is 0 Å². The first-order valence-corrected chi connectivity index (χ1v) is 12.4. The number of hydrogen-bond donors (Lipinski definition) is 0. The Morgan fingerprint density at radius 2 is 1.57 bits per heavy atom. The molecule has 1 aromatic heterocycles. The minimum atomic E-state index is 0.110. The van der Waals surface area contributed by atoms with Gasteiger partial charge in [0, 0.05) is 17.7 Å². The Hall–Kier alpha value is -3.90. The maximum Gasteiger partial charge on any atom is 0.254 e. The topological polar surface area (TPSA) is 45.8 Å². The molecule has 35 heavy (non-hydrogen) atoms. The highest BCUT2D eigenvalue weighted by atomic mass is 16.1. The van der Waals surface area contributed by atoms with Crippen LogP contribution in [0.25, 0.3) is 11.1 Å². The number of aryl methyl sites for hydroxylation is 2. The van der Waals surface area contributed by atoms with Gasteiger partial charge in [0.1, 0.15) is 0 Å². The van der Waals surface area contributed by atoms with E-state index in [-0.39, 0.29) is 5.56 Å². The molecule has 0 unspecified atom stereocenters. The molecule has 0 spiro atoms. The SMILES string of the molecule is CCCCCc1cc(C)n(Cc2ccccc2)c(=O)c1Cc1ccc(-c2ccccc2C#N)cc1. The number of benzene rings is 3. The molecule has 0 N–H and O–H groups in total. The van der Waals surface area contributed by atoms with Crippen LogP contribution >= 0.6 is 0 Å². The van der Waals surface area contributed by atoms with Gasteiger partial charge in [0.2, 0.25) is 0 Å². The van der Waals surface area contributed by atoms with Gasteiger partial charge >= 0.3 is 0 Å². The summed E-state index contributed by atoms with van der Waals surface area (Å²) in [5.41, 5.74) is 8.03. The predicted molar refractivity (Wildman–Crippen MR) is 144 cm³/mol. The van der Waals surface area contributed by atoms with E-state index >= 15 is 0 Å². The fourth-order valence-corrected chi connectivity index (χ4v) is 4.66. The van der Waals surface area contributed by atoms with Crippen LogP contribution in [-0.2, 0) is 19.4 Å². The summed E-state index contributed by atoms with van der Waals surface area (Å²) in [6, 6.07) is 30.6.